The standard InChI is InChI=1S/C45H61N9O13/c1-25(2)20-32-42(64)53-34(23-37(57)58)44(66)49-30(41(63)54-45(67)35(24-38(59)60)51-39(61)29(46)21-27-12-6-4-7-13-27)16-10-11-19-47-36(56)18-17-31(40(62)52-32)50-43(65)33(48-26(3)55)22-28-14-8-5-9-15-28/h4-9,12-15,25,29-35H,10-11,16-24,46H2,1-3H3,(H,47,56)(H,48,55)(H,49,66)(H,50,65)(H,51,61)(H,52,62)(H,53,64)(H,57,58)(H,59,60)(H,54,63,67)/t29-,30-,31-,32?,33-,34?,35-/m0/s1. The maximum absolute atomic E-state index is 14.0. The number of nitrogens with one attached hydrogen (secondary N) is 8. The van der Waals surface area contributed by atoms with Crippen LogP contribution in [0.15, 0.2) is 60.7 Å². The van der Waals surface area contributed by atoms with Crippen molar-refractivity contribution in [1.82, 2.24) is 42.5 Å². The molecule has 22 heteroatoms. The molecule has 2 unspecified atom stereocenters. The molecule has 2 aromatic rings. The van der Waals surface area contributed by atoms with E-state index in [4.69, 9.17) is 5.73 Å². The third-order valence-electron chi connectivity index (χ3n) is 10.4. The molecule has 0 aromatic heterocycles. The van der Waals surface area contributed by atoms with E-state index in [0.717, 1.165) is 0 Å². The number of imide groups is 1. The zero-order chi connectivity index (χ0) is 49.6. The minimum Gasteiger partial charge on any atom is -0.481 e. The van der Waals surface area contributed by atoms with E-state index in [1.807, 2.05) is 5.32 Å². The zero-order valence-electron chi connectivity index (χ0n) is 37.6. The smallest absolute Gasteiger partial charge is 0.305 e. The normalized spacial score (nSPS) is 20.1. The molecule has 3 rings (SSSR count). The minimum absolute atomic E-state index is 0.0229. The molecule has 1 heterocycles. The molecule has 0 saturated carbocycles. The molecule has 0 aliphatic carbocycles. The third-order valence-corrected chi connectivity index (χ3v) is 10.4. The largest absolute Gasteiger partial charge is 0.481 e. The Morgan fingerprint density at radius 1 is 0.701 bits per heavy atom. The quantitative estimate of drug-likeness (QED) is 0.0856. The minimum atomic E-state index is -1.85. The van der Waals surface area contributed by atoms with Crippen LogP contribution in [0.5, 0.6) is 0 Å². The highest BCUT2D eigenvalue weighted by Gasteiger charge is 2.35. The fourth-order valence-corrected chi connectivity index (χ4v) is 7.00. The lowest BCUT2D eigenvalue weighted by Gasteiger charge is -2.28. The van der Waals surface area contributed by atoms with Crippen molar-refractivity contribution in [1.29, 1.82) is 0 Å². The zero-order valence-corrected chi connectivity index (χ0v) is 37.6. The van der Waals surface area contributed by atoms with E-state index in [1.54, 1.807) is 74.5 Å². The Bertz CT molecular complexity index is 2090. The van der Waals surface area contributed by atoms with Gasteiger partial charge < -0.3 is 53.2 Å². The van der Waals surface area contributed by atoms with Gasteiger partial charge in [0.2, 0.25) is 53.2 Å². The highest BCUT2D eigenvalue weighted by molar-refractivity contribution is 6.04. The van der Waals surface area contributed by atoms with Crippen molar-refractivity contribution in [3.05, 3.63) is 71.8 Å². The first-order valence-corrected chi connectivity index (χ1v) is 21.9. The van der Waals surface area contributed by atoms with Gasteiger partial charge in [-0.1, -0.05) is 74.5 Å². The Balaban J connectivity index is 1.87. The Kier molecular flexibility index (Phi) is 22.0. The number of amides is 9. The number of hydrogen-bond acceptors (Lipinski definition) is 12. The van der Waals surface area contributed by atoms with Gasteiger partial charge >= 0.3 is 11.9 Å². The number of carboxylic acids is 2. The molecule has 7 atom stereocenters. The molecule has 364 valence electrons. The molecule has 12 N–H and O–H groups in total. The van der Waals surface area contributed by atoms with Crippen LogP contribution in [-0.2, 0) is 65.6 Å². The van der Waals surface area contributed by atoms with Gasteiger partial charge in [0.1, 0.15) is 36.3 Å². The Hall–Kier alpha value is -7.23. The third kappa shape index (κ3) is 19.8. The first-order valence-electron chi connectivity index (χ1n) is 21.9. The number of carbonyl (C=O) groups excluding carboxylic acids is 9. The van der Waals surface area contributed by atoms with Crippen molar-refractivity contribution in [3.8, 4) is 0 Å². The van der Waals surface area contributed by atoms with E-state index in [0.29, 0.717) is 11.1 Å². The van der Waals surface area contributed by atoms with Gasteiger partial charge in [-0.25, -0.2) is 0 Å². The van der Waals surface area contributed by atoms with Gasteiger partial charge in [0, 0.05) is 26.3 Å². The molecule has 22 nitrogen and oxygen atoms in total. The van der Waals surface area contributed by atoms with Gasteiger partial charge in [0.15, 0.2) is 0 Å². The van der Waals surface area contributed by atoms with E-state index in [2.05, 4.69) is 37.2 Å². The summed E-state index contributed by atoms with van der Waals surface area (Å²) in [6, 6.07) is 6.93. The van der Waals surface area contributed by atoms with Crippen molar-refractivity contribution < 1.29 is 63.0 Å². The fraction of sp³-hybridized carbons (Fsp3) is 0.489. The molecular weight excluding hydrogens is 875 g/mol. The number of rotatable bonds is 17. The molecule has 9 amide bonds. The van der Waals surface area contributed by atoms with Crippen LogP contribution in [0.3, 0.4) is 0 Å². The fourth-order valence-electron chi connectivity index (χ4n) is 7.00. The molecule has 1 saturated heterocycles. The molecule has 1 fully saturated rings. The maximum atomic E-state index is 14.0. The van der Waals surface area contributed by atoms with Crippen molar-refractivity contribution in [3.63, 3.8) is 0 Å². The number of nitrogens with two attached hydrogens (primary N) is 1. The second kappa shape index (κ2) is 27.3. The summed E-state index contributed by atoms with van der Waals surface area (Å²) in [6.45, 7) is 4.67. The van der Waals surface area contributed by atoms with Crippen molar-refractivity contribution >= 4 is 65.1 Å². The number of hydrogen-bond donors (Lipinski definition) is 11. The van der Waals surface area contributed by atoms with Crippen LogP contribution >= 0.6 is 0 Å². The topological polar surface area (TPSA) is 350 Å². The van der Waals surface area contributed by atoms with Gasteiger partial charge in [-0.3, -0.25) is 58.1 Å². The van der Waals surface area contributed by atoms with Gasteiger partial charge in [-0.2, -0.15) is 0 Å². The summed E-state index contributed by atoms with van der Waals surface area (Å²) in [5, 5.41) is 38.6. The van der Waals surface area contributed by atoms with Crippen LogP contribution in [0.4, 0.5) is 0 Å². The molecule has 0 spiro atoms. The van der Waals surface area contributed by atoms with E-state index < -0.39 is 120 Å². The Morgan fingerprint density at radius 3 is 1.88 bits per heavy atom. The van der Waals surface area contributed by atoms with Crippen LogP contribution in [0.25, 0.3) is 0 Å². The van der Waals surface area contributed by atoms with Crippen molar-refractivity contribution in [2.45, 2.75) is 127 Å². The first kappa shape index (κ1) is 54.1. The van der Waals surface area contributed by atoms with Crippen LogP contribution in [0.2, 0.25) is 0 Å². The number of benzene rings is 2. The van der Waals surface area contributed by atoms with E-state index >= 15 is 0 Å². The van der Waals surface area contributed by atoms with Crippen LogP contribution in [-0.4, -0.2) is 124 Å². The highest BCUT2D eigenvalue weighted by Crippen LogP contribution is 2.12. The monoisotopic (exact) mass is 935 g/mol. The predicted octanol–water partition coefficient (Wildman–Crippen LogP) is -1.55. The first-order chi connectivity index (χ1) is 31.7. The van der Waals surface area contributed by atoms with Gasteiger partial charge in [-0.15, -0.1) is 0 Å². The van der Waals surface area contributed by atoms with Gasteiger partial charge in [0.05, 0.1) is 18.9 Å². The predicted molar refractivity (Wildman–Crippen MR) is 239 cm³/mol. The molecular formula is C45H61N9O13. The molecule has 2 aromatic carbocycles. The Morgan fingerprint density at radius 2 is 1.30 bits per heavy atom. The summed E-state index contributed by atoms with van der Waals surface area (Å²) in [5.74, 6) is -11.6. The molecule has 0 bridgehead atoms. The number of carboxylic acid groups (broad SMARTS) is 2. The van der Waals surface area contributed by atoms with E-state index in [9.17, 15) is 63.0 Å². The summed E-state index contributed by atoms with van der Waals surface area (Å²) >= 11 is 0. The average molecular weight is 936 g/mol. The average Bonchev–Trinajstić information content (AvgIpc) is 3.25. The maximum Gasteiger partial charge on any atom is 0.305 e. The second-order valence-electron chi connectivity index (χ2n) is 16.6. The molecule has 1 aliphatic rings. The highest BCUT2D eigenvalue weighted by atomic mass is 16.4. The van der Waals surface area contributed by atoms with Crippen LogP contribution in [0, 0.1) is 5.92 Å². The lowest BCUT2D eigenvalue weighted by Crippen LogP contribution is -2.60. The Labute approximate surface area is 387 Å². The SMILES string of the molecule is CC(=O)N[C@@H](Cc1ccccc1)C(=O)N[C@H]1CCC(=O)NCCCC[C@@H](C(=O)NC(=O)[C@H](CC(=O)O)NC(=O)[C@@H](N)Cc2ccccc2)NC(=O)C(CC(=O)O)NC(=O)C(CC(C)C)NC1=O. The van der Waals surface area contributed by atoms with Gasteiger partial charge in [-0.05, 0) is 55.6 Å². The molecule has 67 heavy (non-hydrogen) atoms. The van der Waals surface area contributed by atoms with Crippen molar-refractivity contribution in [2.24, 2.45) is 11.7 Å². The van der Waals surface area contributed by atoms with E-state index in [1.165, 1.54) is 6.92 Å². The number of aliphatic carboxylic acids is 2. The second-order valence-corrected chi connectivity index (χ2v) is 16.6. The van der Waals surface area contributed by atoms with Gasteiger partial charge in [0.25, 0.3) is 0 Å². The van der Waals surface area contributed by atoms with E-state index in [-0.39, 0.29) is 63.8 Å². The summed E-state index contributed by atoms with van der Waals surface area (Å²) < 4.78 is 0. The summed E-state index contributed by atoms with van der Waals surface area (Å²) in [6.07, 6.45) is -2.42. The summed E-state index contributed by atoms with van der Waals surface area (Å²) in [7, 11) is 0. The summed E-state index contributed by atoms with van der Waals surface area (Å²) in [4.78, 5) is 144. The molecule has 1 aliphatic heterocycles. The lowest BCUT2D eigenvalue weighted by molar-refractivity contribution is -0.143. The lowest BCUT2D eigenvalue weighted by atomic mass is 10.0. The van der Waals surface area contributed by atoms with Crippen molar-refractivity contribution in [2.75, 3.05) is 6.54 Å². The van der Waals surface area contributed by atoms with Crippen LogP contribution in [0.1, 0.15) is 83.3 Å². The number of carbonyl (C=O) groups is 11. The molecule has 0 radical (unpaired) electrons. The summed E-state index contributed by atoms with van der Waals surface area (Å²) in [5.41, 5.74) is 7.40. The van der Waals surface area contributed by atoms with Crippen LogP contribution < -0.4 is 48.3 Å².